The van der Waals surface area contributed by atoms with E-state index < -0.39 is 0 Å². The molecular formula is C18H14Br2N2O2S. The average Bonchev–Trinajstić information content (AvgIpc) is 3.03. The van der Waals surface area contributed by atoms with Gasteiger partial charge in [0.25, 0.3) is 5.91 Å². The van der Waals surface area contributed by atoms with Crippen molar-refractivity contribution in [3.05, 3.63) is 62.4 Å². The molecule has 2 aromatic carbocycles. The second kappa shape index (κ2) is 8.12. The van der Waals surface area contributed by atoms with Crippen LogP contribution in [-0.4, -0.2) is 17.5 Å². The van der Waals surface area contributed by atoms with Crippen molar-refractivity contribution in [1.82, 2.24) is 4.98 Å². The van der Waals surface area contributed by atoms with E-state index in [-0.39, 0.29) is 12.5 Å². The minimum absolute atomic E-state index is 0.0837. The fraction of sp³-hybridized carbons (Fsp3) is 0.111. The molecule has 1 amide bonds. The number of hydrogen-bond donors (Lipinski definition) is 1. The Labute approximate surface area is 166 Å². The standard InChI is InChI=1S/C18H14Br2N2O2S/c1-11-2-4-12(5-3-11)15-10-25-18(21-15)22-17(23)9-24-16-7-6-13(19)8-14(16)20/h2-8,10H,9H2,1H3,(H,21,22,23). The lowest BCUT2D eigenvalue weighted by Gasteiger charge is -2.08. The summed E-state index contributed by atoms with van der Waals surface area (Å²) in [6, 6.07) is 13.6. The van der Waals surface area contributed by atoms with Gasteiger partial charge in [-0.2, -0.15) is 0 Å². The molecule has 0 fully saturated rings. The van der Waals surface area contributed by atoms with Crippen LogP contribution in [0.2, 0.25) is 0 Å². The van der Waals surface area contributed by atoms with Gasteiger partial charge in [-0.1, -0.05) is 45.8 Å². The summed E-state index contributed by atoms with van der Waals surface area (Å²) in [6.07, 6.45) is 0. The molecule has 128 valence electrons. The highest BCUT2D eigenvalue weighted by atomic mass is 79.9. The predicted octanol–water partition coefficient (Wildman–Crippen LogP) is 5.66. The number of hydrogen-bond acceptors (Lipinski definition) is 4. The summed E-state index contributed by atoms with van der Waals surface area (Å²) in [6.45, 7) is 1.96. The molecule has 7 heteroatoms. The Bertz CT molecular complexity index is 894. The Morgan fingerprint density at radius 2 is 1.96 bits per heavy atom. The first-order chi connectivity index (χ1) is 12.0. The third-order valence-corrected chi connectivity index (χ3v) is 5.22. The second-order valence-corrected chi connectivity index (χ2v) is 7.94. The maximum Gasteiger partial charge on any atom is 0.264 e. The van der Waals surface area contributed by atoms with Crippen LogP contribution >= 0.6 is 43.2 Å². The van der Waals surface area contributed by atoms with E-state index in [0.29, 0.717) is 10.9 Å². The van der Waals surface area contributed by atoms with E-state index in [1.54, 1.807) is 6.07 Å². The minimum Gasteiger partial charge on any atom is -0.483 e. The molecule has 0 atom stereocenters. The number of carbonyl (C=O) groups excluding carboxylic acids is 1. The molecule has 4 nitrogen and oxygen atoms in total. The monoisotopic (exact) mass is 480 g/mol. The van der Waals surface area contributed by atoms with Gasteiger partial charge in [0, 0.05) is 15.4 Å². The largest absolute Gasteiger partial charge is 0.483 e. The van der Waals surface area contributed by atoms with E-state index in [4.69, 9.17) is 4.74 Å². The van der Waals surface area contributed by atoms with Gasteiger partial charge in [-0.05, 0) is 41.1 Å². The van der Waals surface area contributed by atoms with Gasteiger partial charge in [0.05, 0.1) is 10.2 Å². The first-order valence-corrected chi connectivity index (χ1v) is 9.88. The summed E-state index contributed by atoms with van der Waals surface area (Å²) < 4.78 is 7.24. The van der Waals surface area contributed by atoms with Crippen LogP contribution in [0.4, 0.5) is 5.13 Å². The molecule has 0 aliphatic carbocycles. The zero-order valence-electron chi connectivity index (χ0n) is 13.3. The van der Waals surface area contributed by atoms with Gasteiger partial charge >= 0.3 is 0 Å². The number of anilines is 1. The number of nitrogens with one attached hydrogen (secondary N) is 1. The third kappa shape index (κ3) is 4.90. The lowest BCUT2D eigenvalue weighted by atomic mass is 10.1. The summed E-state index contributed by atoms with van der Waals surface area (Å²) in [4.78, 5) is 16.5. The summed E-state index contributed by atoms with van der Waals surface area (Å²) in [7, 11) is 0. The number of amides is 1. The fourth-order valence-electron chi connectivity index (χ4n) is 2.08. The Kier molecular flexibility index (Phi) is 5.88. The van der Waals surface area contributed by atoms with E-state index in [1.807, 2.05) is 48.7 Å². The molecule has 0 bridgehead atoms. The summed E-state index contributed by atoms with van der Waals surface area (Å²) in [5, 5.41) is 5.24. The van der Waals surface area contributed by atoms with E-state index in [2.05, 4.69) is 42.2 Å². The number of nitrogens with zero attached hydrogens (tertiary/aromatic N) is 1. The van der Waals surface area contributed by atoms with Crippen molar-refractivity contribution in [2.24, 2.45) is 0 Å². The van der Waals surface area contributed by atoms with Crippen molar-refractivity contribution in [2.45, 2.75) is 6.92 Å². The van der Waals surface area contributed by atoms with Crippen LogP contribution in [0.1, 0.15) is 5.56 Å². The number of halogens is 2. The normalized spacial score (nSPS) is 10.5. The van der Waals surface area contributed by atoms with Crippen LogP contribution in [0.15, 0.2) is 56.8 Å². The van der Waals surface area contributed by atoms with Crippen LogP contribution in [0.5, 0.6) is 5.75 Å². The van der Waals surface area contributed by atoms with Crippen LogP contribution < -0.4 is 10.1 Å². The van der Waals surface area contributed by atoms with Gasteiger partial charge in [-0.15, -0.1) is 11.3 Å². The van der Waals surface area contributed by atoms with Crippen LogP contribution in [0.3, 0.4) is 0 Å². The van der Waals surface area contributed by atoms with Gasteiger partial charge in [-0.3, -0.25) is 10.1 Å². The van der Waals surface area contributed by atoms with Crippen molar-refractivity contribution in [3.8, 4) is 17.0 Å². The summed E-state index contributed by atoms with van der Waals surface area (Å²) in [5.74, 6) is 0.359. The van der Waals surface area contributed by atoms with Crippen molar-refractivity contribution < 1.29 is 9.53 Å². The number of ether oxygens (including phenoxy) is 1. The van der Waals surface area contributed by atoms with Crippen LogP contribution in [-0.2, 0) is 4.79 Å². The van der Waals surface area contributed by atoms with Gasteiger partial charge < -0.3 is 4.74 Å². The van der Waals surface area contributed by atoms with Crippen LogP contribution in [0, 0.1) is 6.92 Å². The van der Waals surface area contributed by atoms with Gasteiger partial charge in [0.2, 0.25) is 0 Å². The van der Waals surface area contributed by atoms with Crippen LogP contribution in [0.25, 0.3) is 11.3 Å². The molecule has 0 aliphatic heterocycles. The lowest BCUT2D eigenvalue weighted by Crippen LogP contribution is -2.20. The van der Waals surface area contributed by atoms with E-state index in [0.717, 1.165) is 20.2 Å². The highest BCUT2D eigenvalue weighted by Gasteiger charge is 2.10. The average molecular weight is 482 g/mol. The Morgan fingerprint density at radius 3 is 2.68 bits per heavy atom. The molecule has 0 spiro atoms. The number of rotatable bonds is 5. The molecule has 0 radical (unpaired) electrons. The van der Waals surface area contributed by atoms with Crippen molar-refractivity contribution in [2.75, 3.05) is 11.9 Å². The fourth-order valence-corrected chi connectivity index (χ4v) is 3.98. The Hall–Kier alpha value is -1.70. The molecule has 0 saturated carbocycles. The van der Waals surface area contributed by atoms with Crippen molar-refractivity contribution >= 4 is 54.2 Å². The molecule has 3 rings (SSSR count). The van der Waals surface area contributed by atoms with E-state index in [1.165, 1.54) is 16.9 Å². The molecular weight excluding hydrogens is 468 g/mol. The minimum atomic E-state index is -0.250. The molecule has 0 saturated heterocycles. The highest BCUT2D eigenvalue weighted by Crippen LogP contribution is 2.28. The van der Waals surface area contributed by atoms with E-state index in [9.17, 15) is 4.79 Å². The number of aromatic nitrogens is 1. The molecule has 0 unspecified atom stereocenters. The highest BCUT2D eigenvalue weighted by molar-refractivity contribution is 9.11. The predicted molar refractivity (Wildman–Crippen MR) is 108 cm³/mol. The molecule has 1 heterocycles. The lowest BCUT2D eigenvalue weighted by molar-refractivity contribution is -0.118. The number of thiazole rings is 1. The Balaban J connectivity index is 1.59. The first kappa shape index (κ1) is 18.1. The molecule has 1 aromatic heterocycles. The Morgan fingerprint density at radius 1 is 1.20 bits per heavy atom. The zero-order valence-corrected chi connectivity index (χ0v) is 17.2. The number of benzene rings is 2. The molecule has 25 heavy (non-hydrogen) atoms. The van der Waals surface area contributed by atoms with Crippen molar-refractivity contribution in [1.29, 1.82) is 0 Å². The zero-order chi connectivity index (χ0) is 17.8. The van der Waals surface area contributed by atoms with Gasteiger partial charge in [-0.25, -0.2) is 4.98 Å². The maximum atomic E-state index is 12.1. The number of aryl methyl sites for hydroxylation is 1. The van der Waals surface area contributed by atoms with Crippen molar-refractivity contribution in [3.63, 3.8) is 0 Å². The maximum absolute atomic E-state index is 12.1. The molecule has 0 aliphatic rings. The number of carbonyl (C=O) groups is 1. The third-order valence-electron chi connectivity index (χ3n) is 3.35. The smallest absolute Gasteiger partial charge is 0.264 e. The van der Waals surface area contributed by atoms with E-state index >= 15 is 0 Å². The quantitative estimate of drug-likeness (QED) is 0.511. The topological polar surface area (TPSA) is 51.2 Å². The first-order valence-electron chi connectivity index (χ1n) is 7.41. The van der Waals surface area contributed by atoms with Gasteiger partial charge in [0.1, 0.15) is 5.75 Å². The summed E-state index contributed by atoms with van der Waals surface area (Å²) in [5.41, 5.74) is 3.07. The van der Waals surface area contributed by atoms with Gasteiger partial charge in [0.15, 0.2) is 11.7 Å². The second-order valence-electron chi connectivity index (χ2n) is 5.32. The summed E-state index contributed by atoms with van der Waals surface area (Å²) >= 11 is 8.17. The SMILES string of the molecule is Cc1ccc(-c2csc(NC(=O)COc3ccc(Br)cc3Br)n2)cc1. The molecule has 3 aromatic rings. The molecule has 1 N–H and O–H groups in total.